The van der Waals surface area contributed by atoms with Gasteiger partial charge in [-0.1, -0.05) is 12.8 Å². The number of nitriles is 1. The molecule has 2 rings (SSSR count). The van der Waals surface area contributed by atoms with Crippen molar-refractivity contribution in [2.24, 2.45) is 0 Å². The van der Waals surface area contributed by atoms with Gasteiger partial charge in [-0.15, -0.1) is 0 Å². The summed E-state index contributed by atoms with van der Waals surface area (Å²) in [6.45, 7) is 0.0567. The summed E-state index contributed by atoms with van der Waals surface area (Å²) in [7, 11) is 0. The number of halogens is 2. The molecule has 1 saturated carbocycles. The van der Waals surface area contributed by atoms with E-state index in [1.807, 2.05) is 6.07 Å². The van der Waals surface area contributed by atoms with E-state index in [2.05, 4.69) is 15.9 Å². The van der Waals surface area contributed by atoms with Gasteiger partial charge in [0.1, 0.15) is 12.4 Å². The van der Waals surface area contributed by atoms with Crippen molar-refractivity contribution in [3.63, 3.8) is 0 Å². The van der Waals surface area contributed by atoms with Crippen LogP contribution in [0.1, 0.15) is 36.0 Å². The highest BCUT2D eigenvalue weighted by Gasteiger charge is 2.27. The fourth-order valence-electron chi connectivity index (χ4n) is 2.45. The third-order valence-corrected chi connectivity index (χ3v) is 4.08. The van der Waals surface area contributed by atoms with E-state index in [1.165, 1.54) is 12.1 Å². The summed E-state index contributed by atoms with van der Waals surface area (Å²) in [5.41, 5.74) is 0.294. The summed E-state index contributed by atoms with van der Waals surface area (Å²) in [5.74, 6) is -0.728. The van der Waals surface area contributed by atoms with Crippen LogP contribution in [0.15, 0.2) is 22.7 Å². The van der Waals surface area contributed by atoms with Crippen molar-refractivity contribution in [3.05, 3.63) is 34.1 Å². The monoisotopic (exact) mass is 324 g/mol. The fraction of sp³-hybridized carbons (Fsp3) is 0.429. The van der Waals surface area contributed by atoms with Crippen LogP contribution in [-0.2, 0) is 0 Å². The molecular formula is C14H14BrFN2O. The average molecular weight is 325 g/mol. The van der Waals surface area contributed by atoms with Gasteiger partial charge in [0.05, 0.1) is 10.5 Å². The predicted molar refractivity (Wildman–Crippen MR) is 73.0 cm³/mol. The first kappa shape index (κ1) is 14.0. The lowest BCUT2D eigenvalue weighted by Crippen LogP contribution is -2.39. The van der Waals surface area contributed by atoms with E-state index in [1.54, 1.807) is 11.0 Å². The van der Waals surface area contributed by atoms with E-state index in [0.717, 1.165) is 25.7 Å². The van der Waals surface area contributed by atoms with Crippen LogP contribution >= 0.6 is 15.9 Å². The van der Waals surface area contributed by atoms with Crippen LogP contribution in [0.4, 0.5) is 4.39 Å². The Morgan fingerprint density at radius 1 is 1.47 bits per heavy atom. The van der Waals surface area contributed by atoms with E-state index < -0.39 is 5.82 Å². The topological polar surface area (TPSA) is 44.1 Å². The first-order valence-electron chi connectivity index (χ1n) is 6.26. The van der Waals surface area contributed by atoms with Crippen molar-refractivity contribution < 1.29 is 9.18 Å². The smallest absolute Gasteiger partial charge is 0.255 e. The Kier molecular flexibility index (Phi) is 4.54. The van der Waals surface area contributed by atoms with Crippen LogP contribution in [0.25, 0.3) is 0 Å². The van der Waals surface area contributed by atoms with Gasteiger partial charge in [0.15, 0.2) is 0 Å². The maximum atomic E-state index is 13.5. The third kappa shape index (κ3) is 3.13. The van der Waals surface area contributed by atoms with Crippen molar-refractivity contribution >= 4 is 21.8 Å². The lowest BCUT2D eigenvalue weighted by molar-refractivity contribution is 0.0709. The lowest BCUT2D eigenvalue weighted by atomic mass is 10.1. The zero-order chi connectivity index (χ0) is 13.8. The van der Waals surface area contributed by atoms with Gasteiger partial charge in [0.2, 0.25) is 0 Å². The Morgan fingerprint density at radius 2 is 2.16 bits per heavy atom. The molecule has 1 aliphatic rings. The molecule has 0 atom stereocenters. The number of carbonyl (C=O) groups is 1. The minimum Gasteiger partial charge on any atom is -0.322 e. The molecule has 0 aliphatic heterocycles. The summed E-state index contributed by atoms with van der Waals surface area (Å²) in [6.07, 6.45) is 4.00. The molecule has 0 heterocycles. The van der Waals surface area contributed by atoms with E-state index in [-0.39, 0.29) is 18.5 Å². The number of carbonyl (C=O) groups excluding carboxylic acids is 1. The van der Waals surface area contributed by atoms with Crippen LogP contribution in [-0.4, -0.2) is 23.4 Å². The Morgan fingerprint density at radius 3 is 2.74 bits per heavy atom. The average Bonchev–Trinajstić information content (AvgIpc) is 2.92. The second kappa shape index (κ2) is 6.16. The molecule has 0 unspecified atom stereocenters. The molecule has 19 heavy (non-hydrogen) atoms. The first-order valence-corrected chi connectivity index (χ1v) is 7.05. The highest BCUT2D eigenvalue weighted by atomic mass is 79.9. The standard InChI is InChI=1S/C14H14BrFN2O/c15-12-6-5-10(9-13(12)16)14(19)18(8-7-17)11-3-1-2-4-11/h5-6,9,11H,1-4,8H2. The van der Waals surface area contributed by atoms with Crippen molar-refractivity contribution in [2.45, 2.75) is 31.7 Å². The van der Waals surface area contributed by atoms with Crippen molar-refractivity contribution in [3.8, 4) is 6.07 Å². The molecule has 5 heteroatoms. The number of benzene rings is 1. The lowest BCUT2D eigenvalue weighted by Gasteiger charge is -2.26. The summed E-state index contributed by atoms with van der Waals surface area (Å²) in [5, 5.41) is 8.87. The SMILES string of the molecule is N#CCN(C(=O)c1ccc(Br)c(F)c1)C1CCCC1. The molecule has 1 aromatic carbocycles. The molecule has 0 spiro atoms. The van der Waals surface area contributed by atoms with Crippen LogP contribution in [0.2, 0.25) is 0 Å². The number of hydrogen-bond acceptors (Lipinski definition) is 2. The number of amides is 1. The van der Waals surface area contributed by atoms with Gasteiger partial charge in [-0.05, 0) is 47.0 Å². The van der Waals surface area contributed by atoms with Crippen LogP contribution in [0.5, 0.6) is 0 Å². The summed E-state index contributed by atoms with van der Waals surface area (Å²) in [6, 6.07) is 6.44. The molecule has 0 radical (unpaired) electrons. The molecule has 1 fully saturated rings. The molecule has 0 aromatic heterocycles. The molecule has 0 saturated heterocycles. The number of rotatable bonds is 3. The van der Waals surface area contributed by atoms with E-state index in [9.17, 15) is 9.18 Å². The summed E-state index contributed by atoms with van der Waals surface area (Å²) >= 11 is 3.06. The second-order valence-electron chi connectivity index (χ2n) is 4.66. The van der Waals surface area contributed by atoms with Gasteiger partial charge in [-0.25, -0.2) is 4.39 Å². The Hall–Kier alpha value is -1.41. The number of nitrogens with zero attached hydrogens (tertiary/aromatic N) is 2. The summed E-state index contributed by atoms with van der Waals surface area (Å²) < 4.78 is 13.8. The number of hydrogen-bond donors (Lipinski definition) is 0. The zero-order valence-corrected chi connectivity index (χ0v) is 12.0. The van der Waals surface area contributed by atoms with Crippen LogP contribution < -0.4 is 0 Å². The quantitative estimate of drug-likeness (QED) is 0.799. The van der Waals surface area contributed by atoms with Gasteiger partial charge in [-0.3, -0.25) is 4.79 Å². The molecule has 3 nitrogen and oxygen atoms in total. The molecular weight excluding hydrogens is 311 g/mol. The zero-order valence-electron chi connectivity index (χ0n) is 10.4. The third-order valence-electron chi connectivity index (χ3n) is 3.43. The van der Waals surface area contributed by atoms with Crippen molar-refractivity contribution in [1.29, 1.82) is 5.26 Å². The van der Waals surface area contributed by atoms with Crippen molar-refractivity contribution in [2.75, 3.05) is 6.54 Å². The first-order chi connectivity index (χ1) is 9.13. The molecule has 1 aliphatic carbocycles. The maximum absolute atomic E-state index is 13.5. The van der Waals surface area contributed by atoms with Gasteiger partial charge in [0, 0.05) is 11.6 Å². The minimum absolute atomic E-state index is 0.0567. The van der Waals surface area contributed by atoms with Gasteiger partial charge in [0.25, 0.3) is 5.91 Å². The van der Waals surface area contributed by atoms with Gasteiger partial charge >= 0.3 is 0 Å². The molecule has 0 N–H and O–H groups in total. The molecule has 1 amide bonds. The van der Waals surface area contributed by atoms with Gasteiger partial charge < -0.3 is 4.90 Å². The highest BCUT2D eigenvalue weighted by Crippen LogP contribution is 2.25. The largest absolute Gasteiger partial charge is 0.322 e. The normalized spacial score (nSPS) is 15.2. The predicted octanol–water partition coefficient (Wildman–Crippen LogP) is 3.50. The van der Waals surface area contributed by atoms with E-state index in [0.29, 0.717) is 10.0 Å². The Labute approximate surface area is 120 Å². The molecule has 100 valence electrons. The van der Waals surface area contributed by atoms with Crippen molar-refractivity contribution in [1.82, 2.24) is 4.90 Å². The maximum Gasteiger partial charge on any atom is 0.255 e. The fourth-order valence-corrected chi connectivity index (χ4v) is 2.70. The highest BCUT2D eigenvalue weighted by molar-refractivity contribution is 9.10. The van der Waals surface area contributed by atoms with E-state index in [4.69, 9.17) is 5.26 Å². The van der Waals surface area contributed by atoms with Crippen LogP contribution in [0.3, 0.4) is 0 Å². The Balaban J connectivity index is 2.23. The Bertz CT molecular complexity index is 521. The van der Waals surface area contributed by atoms with Crippen LogP contribution in [0, 0.1) is 17.1 Å². The second-order valence-corrected chi connectivity index (χ2v) is 5.51. The molecule has 0 bridgehead atoms. The summed E-state index contributed by atoms with van der Waals surface area (Å²) in [4.78, 5) is 13.9. The molecule has 1 aromatic rings. The van der Waals surface area contributed by atoms with E-state index >= 15 is 0 Å². The van der Waals surface area contributed by atoms with Gasteiger partial charge in [-0.2, -0.15) is 5.26 Å². The minimum atomic E-state index is -0.464.